The molecule has 0 saturated heterocycles. The number of hydrogen-bond donors (Lipinski definition) is 2. The molecule has 0 spiro atoms. The molecule has 8 heteroatoms. The number of nitrogens with zero attached hydrogens (tertiary/aromatic N) is 3. The van der Waals surface area contributed by atoms with Crippen molar-refractivity contribution < 1.29 is 9.18 Å². The Morgan fingerprint density at radius 1 is 1.32 bits per heavy atom. The third kappa shape index (κ3) is 3.77. The van der Waals surface area contributed by atoms with Crippen LogP contribution in [0.25, 0.3) is 0 Å². The maximum absolute atomic E-state index is 13.6. The third-order valence-corrected chi connectivity index (χ3v) is 3.87. The van der Waals surface area contributed by atoms with E-state index >= 15 is 0 Å². The molecular formula is C17H15ClFN5O. The van der Waals surface area contributed by atoms with Gasteiger partial charge < -0.3 is 11.1 Å². The summed E-state index contributed by atoms with van der Waals surface area (Å²) >= 11 is 5.95. The number of halogens is 2. The molecule has 0 aliphatic heterocycles. The molecule has 1 aromatic heterocycles. The molecule has 3 aromatic rings. The normalized spacial score (nSPS) is 10.7. The largest absolute Gasteiger partial charge is 0.382 e. The molecule has 128 valence electrons. The quantitative estimate of drug-likeness (QED) is 0.748. The van der Waals surface area contributed by atoms with E-state index in [0.717, 1.165) is 5.56 Å². The fourth-order valence-electron chi connectivity index (χ4n) is 2.27. The lowest BCUT2D eigenvalue weighted by atomic mass is 10.2. The molecule has 25 heavy (non-hydrogen) atoms. The van der Waals surface area contributed by atoms with Gasteiger partial charge in [-0.1, -0.05) is 35.0 Å². The molecule has 0 atom stereocenters. The number of amides is 1. The first-order valence-corrected chi connectivity index (χ1v) is 7.83. The molecule has 1 amide bonds. The van der Waals surface area contributed by atoms with Gasteiger partial charge in [0.2, 0.25) is 0 Å². The Labute approximate surface area is 148 Å². The van der Waals surface area contributed by atoms with Gasteiger partial charge in [-0.3, -0.25) is 4.79 Å². The first-order valence-electron chi connectivity index (χ1n) is 7.45. The predicted molar refractivity (Wildman–Crippen MR) is 94.1 cm³/mol. The molecule has 1 heterocycles. The molecule has 3 rings (SSSR count). The van der Waals surface area contributed by atoms with Gasteiger partial charge in [0.1, 0.15) is 5.82 Å². The van der Waals surface area contributed by atoms with Gasteiger partial charge in [0.15, 0.2) is 11.5 Å². The minimum absolute atomic E-state index is 0.0250. The van der Waals surface area contributed by atoms with E-state index in [-0.39, 0.29) is 11.5 Å². The van der Waals surface area contributed by atoms with Crippen molar-refractivity contribution in [3.63, 3.8) is 0 Å². The maximum atomic E-state index is 13.6. The van der Waals surface area contributed by atoms with Gasteiger partial charge in [0.25, 0.3) is 5.91 Å². The lowest BCUT2D eigenvalue weighted by Crippen LogP contribution is -2.15. The summed E-state index contributed by atoms with van der Waals surface area (Å²) in [6.45, 7) is 1.96. The number of benzene rings is 2. The van der Waals surface area contributed by atoms with Crippen molar-refractivity contribution >= 4 is 29.0 Å². The molecule has 0 aliphatic rings. The Morgan fingerprint density at radius 3 is 2.84 bits per heavy atom. The van der Waals surface area contributed by atoms with Crippen molar-refractivity contribution in [2.24, 2.45) is 0 Å². The molecule has 3 N–H and O–H groups in total. The summed E-state index contributed by atoms with van der Waals surface area (Å²) in [5.74, 6) is -0.849. The number of nitrogen functional groups attached to an aromatic ring is 1. The standard InChI is InChI=1S/C17H15ClFN5O/c1-10-5-6-13(8-14(10)19)21-17(25)15-16(20)24(23-22-15)9-11-3-2-4-12(18)7-11/h2-8H,9,20H2,1H3,(H,21,25). The van der Waals surface area contributed by atoms with E-state index in [9.17, 15) is 9.18 Å². The number of rotatable bonds is 4. The average Bonchev–Trinajstić information content (AvgIpc) is 2.92. The zero-order valence-corrected chi connectivity index (χ0v) is 14.1. The predicted octanol–water partition coefficient (Wildman–Crippen LogP) is 3.26. The van der Waals surface area contributed by atoms with Crippen LogP contribution in [0.5, 0.6) is 0 Å². The Balaban J connectivity index is 1.77. The van der Waals surface area contributed by atoms with Crippen LogP contribution in [0.4, 0.5) is 15.9 Å². The van der Waals surface area contributed by atoms with Gasteiger partial charge in [0.05, 0.1) is 6.54 Å². The highest BCUT2D eigenvalue weighted by Crippen LogP contribution is 2.17. The summed E-state index contributed by atoms with van der Waals surface area (Å²) in [5, 5.41) is 10.9. The summed E-state index contributed by atoms with van der Waals surface area (Å²) < 4.78 is 15.0. The average molecular weight is 360 g/mol. The molecule has 0 unspecified atom stereocenters. The van der Waals surface area contributed by atoms with Crippen LogP contribution in [-0.2, 0) is 6.54 Å². The summed E-state index contributed by atoms with van der Waals surface area (Å²) in [6.07, 6.45) is 0. The Hall–Kier alpha value is -2.93. The molecule has 6 nitrogen and oxygen atoms in total. The smallest absolute Gasteiger partial charge is 0.280 e. The fourth-order valence-corrected chi connectivity index (χ4v) is 2.48. The molecule has 0 aliphatic carbocycles. The lowest BCUT2D eigenvalue weighted by Gasteiger charge is -2.06. The SMILES string of the molecule is Cc1ccc(NC(=O)c2nnn(Cc3cccc(Cl)c3)c2N)cc1F. The second-order valence-electron chi connectivity index (χ2n) is 5.53. The second-order valence-corrected chi connectivity index (χ2v) is 5.97. The monoisotopic (exact) mass is 359 g/mol. The van der Waals surface area contributed by atoms with E-state index in [0.29, 0.717) is 22.8 Å². The number of carbonyl (C=O) groups excluding carboxylic acids is 1. The number of anilines is 2. The fraction of sp³-hybridized carbons (Fsp3) is 0.118. The third-order valence-electron chi connectivity index (χ3n) is 3.64. The molecular weight excluding hydrogens is 345 g/mol. The zero-order chi connectivity index (χ0) is 18.0. The van der Waals surface area contributed by atoms with Crippen LogP contribution in [0.15, 0.2) is 42.5 Å². The van der Waals surface area contributed by atoms with Crippen molar-refractivity contribution in [3.05, 3.63) is 70.1 Å². The highest BCUT2D eigenvalue weighted by molar-refractivity contribution is 6.30. The number of aromatic nitrogens is 3. The van der Waals surface area contributed by atoms with Crippen LogP contribution in [0, 0.1) is 12.7 Å². The summed E-state index contributed by atoms with van der Waals surface area (Å²) in [5.41, 5.74) is 7.62. The molecule has 0 bridgehead atoms. The number of hydrogen-bond acceptors (Lipinski definition) is 4. The van der Waals surface area contributed by atoms with Gasteiger partial charge in [0, 0.05) is 10.7 Å². The molecule has 0 radical (unpaired) electrons. The topological polar surface area (TPSA) is 85.8 Å². The van der Waals surface area contributed by atoms with Gasteiger partial charge in [-0.2, -0.15) is 0 Å². The van der Waals surface area contributed by atoms with Crippen LogP contribution in [0.2, 0.25) is 5.02 Å². The second kappa shape index (κ2) is 6.90. The minimum atomic E-state index is -0.557. The van der Waals surface area contributed by atoms with Gasteiger partial charge in [-0.05, 0) is 42.3 Å². The molecule has 0 fully saturated rings. The summed E-state index contributed by atoms with van der Waals surface area (Å²) in [7, 11) is 0. The van der Waals surface area contributed by atoms with Crippen molar-refractivity contribution in [2.45, 2.75) is 13.5 Å². The van der Waals surface area contributed by atoms with Crippen LogP contribution < -0.4 is 11.1 Å². The zero-order valence-electron chi connectivity index (χ0n) is 13.3. The number of carbonyl (C=O) groups is 1. The number of nitrogens with one attached hydrogen (secondary N) is 1. The van der Waals surface area contributed by atoms with E-state index < -0.39 is 11.7 Å². The van der Waals surface area contributed by atoms with Crippen LogP contribution in [0.1, 0.15) is 21.6 Å². The van der Waals surface area contributed by atoms with E-state index in [1.54, 1.807) is 31.2 Å². The highest BCUT2D eigenvalue weighted by atomic mass is 35.5. The summed E-state index contributed by atoms with van der Waals surface area (Å²) in [6, 6.07) is 11.6. The lowest BCUT2D eigenvalue weighted by molar-refractivity contribution is 0.102. The number of aryl methyl sites for hydroxylation is 1. The van der Waals surface area contributed by atoms with Gasteiger partial charge in [-0.25, -0.2) is 9.07 Å². The maximum Gasteiger partial charge on any atom is 0.280 e. The number of nitrogens with two attached hydrogens (primary N) is 1. The van der Waals surface area contributed by atoms with Crippen LogP contribution >= 0.6 is 11.6 Å². The van der Waals surface area contributed by atoms with Gasteiger partial charge >= 0.3 is 0 Å². The minimum Gasteiger partial charge on any atom is -0.382 e. The first-order chi connectivity index (χ1) is 11.9. The Morgan fingerprint density at radius 2 is 2.12 bits per heavy atom. The Bertz CT molecular complexity index is 941. The van der Waals surface area contributed by atoms with E-state index in [4.69, 9.17) is 17.3 Å². The highest BCUT2D eigenvalue weighted by Gasteiger charge is 2.18. The van der Waals surface area contributed by atoms with Crippen molar-refractivity contribution in [3.8, 4) is 0 Å². The van der Waals surface area contributed by atoms with E-state index in [1.807, 2.05) is 12.1 Å². The Kier molecular flexibility index (Phi) is 4.67. The van der Waals surface area contributed by atoms with Crippen LogP contribution in [-0.4, -0.2) is 20.9 Å². The van der Waals surface area contributed by atoms with Crippen molar-refractivity contribution in [2.75, 3.05) is 11.1 Å². The van der Waals surface area contributed by atoms with Crippen molar-refractivity contribution in [1.82, 2.24) is 15.0 Å². The molecule has 2 aromatic carbocycles. The van der Waals surface area contributed by atoms with Gasteiger partial charge in [-0.15, -0.1) is 5.10 Å². The van der Waals surface area contributed by atoms with Crippen LogP contribution in [0.3, 0.4) is 0 Å². The molecule has 0 saturated carbocycles. The summed E-state index contributed by atoms with van der Waals surface area (Å²) in [4.78, 5) is 12.3. The van der Waals surface area contributed by atoms with Crippen molar-refractivity contribution in [1.29, 1.82) is 0 Å². The first kappa shape index (κ1) is 16.9. The van der Waals surface area contributed by atoms with E-state index in [1.165, 1.54) is 10.7 Å². The van der Waals surface area contributed by atoms with E-state index in [2.05, 4.69) is 15.6 Å².